The molecule has 2 fully saturated rings. The average molecular weight is 221 g/mol. The fourth-order valence-corrected chi connectivity index (χ4v) is 3.46. The van der Waals surface area contributed by atoms with Crippen molar-refractivity contribution < 1.29 is 0 Å². The number of hydrogen-bond acceptors (Lipinski definition) is 2. The minimum Gasteiger partial charge on any atom is -0.311 e. The molecule has 1 N–H and O–H groups in total. The van der Waals surface area contributed by atoms with Crippen LogP contribution in [0.5, 0.6) is 0 Å². The predicted octanol–water partition coefficient (Wildman–Crippen LogP) is 3.34. The SMILES string of the molecule is Cc1ccc(CNCC2(C3CC3)CC2)s1. The van der Waals surface area contributed by atoms with E-state index in [1.165, 1.54) is 42.0 Å². The molecule has 1 aromatic rings. The highest BCUT2D eigenvalue weighted by Gasteiger charge is 2.53. The molecule has 2 aliphatic carbocycles. The average Bonchev–Trinajstić information content (AvgIpc) is 3.08. The number of aryl methyl sites for hydroxylation is 1. The van der Waals surface area contributed by atoms with Crippen LogP contribution in [0.1, 0.15) is 35.4 Å². The van der Waals surface area contributed by atoms with E-state index in [9.17, 15) is 0 Å². The zero-order chi connectivity index (χ0) is 10.3. The molecule has 0 aliphatic heterocycles. The Hall–Kier alpha value is -0.340. The van der Waals surface area contributed by atoms with E-state index in [2.05, 4.69) is 24.4 Å². The lowest BCUT2D eigenvalue weighted by Gasteiger charge is -2.14. The highest BCUT2D eigenvalue weighted by Crippen LogP contribution is 2.60. The largest absolute Gasteiger partial charge is 0.311 e. The predicted molar refractivity (Wildman–Crippen MR) is 65.2 cm³/mol. The number of thiophene rings is 1. The molecule has 0 radical (unpaired) electrons. The summed E-state index contributed by atoms with van der Waals surface area (Å²) in [5.74, 6) is 1.08. The molecule has 0 amide bonds. The summed E-state index contributed by atoms with van der Waals surface area (Å²) in [5.41, 5.74) is 0.742. The van der Waals surface area contributed by atoms with Crippen molar-refractivity contribution in [2.45, 2.75) is 39.2 Å². The smallest absolute Gasteiger partial charge is 0.0300 e. The maximum atomic E-state index is 3.65. The Labute approximate surface area is 95.9 Å². The number of rotatable bonds is 5. The second-order valence-corrected chi connectivity index (χ2v) is 6.63. The molecule has 0 atom stereocenters. The van der Waals surface area contributed by atoms with Crippen molar-refractivity contribution in [1.82, 2.24) is 5.32 Å². The second-order valence-electron chi connectivity index (χ2n) is 5.25. The molecule has 1 heterocycles. The van der Waals surface area contributed by atoms with Gasteiger partial charge in [0.15, 0.2) is 0 Å². The minimum absolute atomic E-state index is 0.742. The molecule has 3 rings (SSSR count). The molecule has 1 nitrogen and oxygen atoms in total. The Morgan fingerprint density at radius 1 is 1.40 bits per heavy atom. The lowest BCUT2D eigenvalue weighted by atomic mass is 10.0. The number of nitrogens with one attached hydrogen (secondary N) is 1. The van der Waals surface area contributed by atoms with E-state index < -0.39 is 0 Å². The van der Waals surface area contributed by atoms with Crippen molar-refractivity contribution in [3.63, 3.8) is 0 Å². The Bertz CT molecular complexity index is 347. The Balaban J connectivity index is 1.47. The first kappa shape index (κ1) is 9.86. The molecule has 1 aromatic heterocycles. The molecular formula is C13H19NS. The van der Waals surface area contributed by atoms with Crippen LogP contribution in [-0.2, 0) is 6.54 Å². The van der Waals surface area contributed by atoms with E-state index in [0.29, 0.717) is 0 Å². The molecule has 0 aromatic carbocycles. The van der Waals surface area contributed by atoms with Crippen molar-refractivity contribution in [3.8, 4) is 0 Å². The van der Waals surface area contributed by atoms with Crippen LogP contribution in [0.3, 0.4) is 0 Å². The van der Waals surface area contributed by atoms with Crippen LogP contribution in [0, 0.1) is 18.3 Å². The second kappa shape index (κ2) is 3.60. The summed E-state index contributed by atoms with van der Waals surface area (Å²) >= 11 is 1.92. The molecule has 0 unspecified atom stereocenters. The molecule has 0 saturated heterocycles. The summed E-state index contributed by atoms with van der Waals surface area (Å²) in [6.07, 6.45) is 5.96. The standard InChI is InChI=1S/C13H19NS/c1-10-2-5-12(15-10)8-14-9-13(6-7-13)11-3-4-11/h2,5,11,14H,3-4,6-9H2,1H3. The summed E-state index contributed by atoms with van der Waals surface area (Å²) in [5, 5.41) is 3.65. The molecule has 82 valence electrons. The Morgan fingerprint density at radius 3 is 2.73 bits per heavy atom. The van der Waals surface area contributed by atoms with Gasteiger partial charge in [-0.2, -0.15) is 0 Å². The third-order valence-electron chi connectivity index (χ3n) is 3.91. The van der Waals surface area contributed by atoms with Gasteiger partial charge in [-0.1, -0.05) is 0 Å². The minimum atomic E-state index is 0.742. The van der Waals surface area contributed by atoms with Crippen molar-refractivity contribution in [2.24, 2.45) is 11.3 Å². The third-order valence-corrected chi connectivity index (χ3v) is 4.91. The highest BCUT2D eigenvalue weighted by molar-refractivity contribution is 7.11. The highest BCUT2D eigenvalue weighted by atomic mass is 32.1. The molecule has 2 saturated carbocycles. The maximum Gasteiger partial charge on any atom is 0.0300 e. The quantitative estimate of drug-likeness (QED) is 0.804. The molecule has 0 bridgehead atoms. The van der Waals surface area contributed by atoms with Gasteiger partial charge in [-0.25, -0.2) is 0 Å². The van der Waals surface area contributed by atoms with E-state index in [-0.39, 0.29) is 0 Å². The fourth-order valence-electron chi connectivity index (χ4n) is 2.60. The van der Waals surface area contributed by atoms with Gasteiger partial charge in [-0.3, -0.25) is 0 Å². The summed E-state index contributed by atoms with van der Waals surface area (Å²) in [6, 6.07) is 4.47. The molecular weight excluding hydrogens is 202 g/mol. The molecule has 15 heavy (non-hydrogen) atoms. The van der Waals surface area contributed by atoms with Crippen LogP contribution in [0.25, 0.3) is 0 Å². The van der Waals surface area contributed by atoms with Gasteiger partial charge in [0.2, 0.25) is 0 Å². The zero-order valence-corrected chi connectivity index (χ0v) is 10.2. The van der Waals surface area contributed by atoms with Gasteiger partial charge in [0.25, 0.3) is 0 Å². The van der Waals surface area contributed by atoms with E-state index in [0.717, 1.165) is 17.9 Å². The van der Waals surface area contributed by atoms with Gasteiger partial charge in [0.1, 0.15) is 0 Å². The first-order valence-corrected chi connectivity index (χ1v) is 6.86. The van der Waals surface area contributed by atoms with E-state index >= 15 is 0 Å². The van der Waals surface area contributed by atoms with Crippen LogP contribution < -0.4 is 5.32 Å². The van der Waals surface area contributed by atoms with Crippen LogP contribution in [-0.4, -0.2) is 6.54 Å². The topological polar surface area (TPSA) is 12.0 Å². The van der Waals surface area contributed by atoms with Crippen LogP contribution in [0.15, 0.2) is 12.1 Å². The normalized spacial score (nSPS) is 23.0. The molecule has 0 spiro atoms. The van der Waals surface area contributed by atoms with Crippen LogP contribution >= 0.6 is 11.3 Å². The van der Waals surface area contributed by atoms with Crippen LogP contribution in [0.2, 0.25) is 0 Å². The van der Waals surface area contributed by atoms with Gasteiger partial charge in [-0.05, 0) is 56.1 Å². The van der Waals surface area contributed by atoms with E-state index in [1.807, 2.05) is 11.3 Å². The molecule has 2 heteroatoms. The van der Waals surface area contributed by atoms with Gasteiger partial charge in [0, 0.05) is 22.8 Å². The lowest BCUT2D eigenvalue weighted by Crippen LogP contribution is -2.24. The first-order chi connectivity index (χ1) is 7.28. The van der Waals surface area contributed by atoms with Gasteiger partial charge in [-0.15, -0.1) is 11.3 Å². The summed E-state index contributed by atoms with van der Waals surface area (Å²) in [4.78, 5) is 2.91. The zero-order valence-electron chi connectivity index (χ0n) is 9.38. The first-order valence-electron chi connectivity index (χ1n) is 6.05. The van der Waals surface area contributed by atoms with E-state index in [4.69, 9.17) is 0 Å². The van der Waals surface area contributed by atoms with Crippen molar-refractivity contribution >= 4 is 11.3 Å². The van der Waals surface area contributed by atoms with Crippen molar-refractivity contribution in [3.05, 3.63) is 21.9 Å². The van der Waals surface area contributed by atoms with Gasteiger partial charge < -0.3 is 5.32 Å². The lowest BCUT2D eigenvalue weighted by molar-refractivity contribution is 0.404. The summed E-state index contributed by atoms with van der Waals surface area (Å²) in [6.45, 7) is 4.52. The van der Waals surface area contributed by atoms with Crippen molar-refractivity contribution in [1.29, 1.82) is 0 Å². The van der Waals surface area contributed by atoms with Crippen LogP contribution in [0.4, 0.5) is 0 Å². The Morgan fingerprint density at radius 2 is 2.20 bits per heavy atom. The summed E-state index contributed by atoms with van der Waals surface area (Å²) in [7, 11) is 0. The van der Waals surface area contributed by atoms with Gasteiger partial charge >= 0.3 is 0 Å². The molecule has 2 aliphatic rings. The van der Waals surface area contributed by atoms with Gasteiger partial charge in [0.05, 0.1) is 0 Å². The third kappa shape index (κ3) is 2.11. The Kier molecular flexibility index (Phi) is 2.37. The maximum absolute atomic E-state index is 3.65. The fraction of sp³-hybridized carbons (Fsp3) is 0.692. The number of hydrogen-bond donors (Lipinski definition) is 1. The van der Waals surface area contributed by atoms with Crippen molar-refractivity contribution in [2.75, 3.05) is 6.54 Å². The monoisotopic (exact) mass is 221 g/mol. The summed E-state index contributed by atoms with van der Waals surface area (Å²) < 4.78 is 0. The van der Waals surface area contributed by atoms with E-state index in [1.54, 1.807) is 0 Å².